The van der Waals surface area contributed by atoms with E-state index in [9.17, 15) is 13.6 Å². The molecule has 0 saturated carbocycles. The van der Waals surface area contributed by atoms with Crippen molar-refractivity contribution in [3.63, 3.8) is 0 Å². The highest BCUT2D eigenvalue weighted by atomic mass is 32.2. The molecule has 0 aliphatic carbocycles. The molecule has 1 fully saturated rings. The Labute approximate surface area is 121 Å². The molecule has 1 unspecified atom stereocenters. The Kier molecular flexibility index (Phi) is 5.37. The molecule has 0 spiro atoms. The van der Waals surface area contributed by atoms with Crippen molar-refractivity contribution in [3.8, 4) is 0 Å². The highest BCUT2D eigenvalue weighted by Crippen LogP contribution is 2.23. The number of carbonyl (C=O) groups is 1. The molecule has 0 bridgehead atoms. The number of carboxylic acid groups (broad SMARTS) is 1. The van der Waals surface area contributed by atoms with Gasteiger partial charge in [0.15, 0.2) is 0 Å². The maximum absolute atomic E-state index is 12.5. The normalized spacial score (nSPS) is 20.2. The Bertz CT molecular complexity index is 453. The fourth-order valence-corrected chi connectivity index (χ4v) is 3.42. The predicted molar refractivity (Wildman–Crippen MR) is 75.2 cm³/mol. The highest BCUT2D eigenvalue weighted by Gasteiger charge is 2.25. The summed E-state index contributed by atoms with van der Waals surface area (Å²) in [4.78, 5) is 13.0. The lowest BCUT2D eigenvalue weighted by Crippen LogP contribution is -2.42. The summed E-state index contributed by atoms with van der Waals surface area (Å²) < 4.78 is 25.0. The molecule has 20 heavy (non-hydrogen) atoms. The minimum Gasteiger partial charge on any atom is -0.481 e. The van der Waals surface area contributed by atoms with Crippen LogP contribution in [-0.2, 0) is 11.3 Å². The van der Waals surface area contributed by atoms with Crippen molar-refractivity contribution in [1.82, 2.24) is 4.90 Å². The van der Waals surface area contributed by atoms with Crippen molar-refractivity contribution in [2.24, 2.45) is 0 Å². The Balaban J connectivity index is 2.00. The van der Waals surface area contributed by atoms with E-state index in [1.807, 2.05) is 0 Å². The van der Waals surface area contributed by atoms with Crippen LogP contribution >= 0.6 is 11.8 Å². The molecule has 1 aromatic carbocycles. The molecule has 0 amide bonds. The van der Waals surface area contributed by atoms with Crippen molar-refractivity contribution >= 4 is 17.7 Å². The van der Waals surface area contributed by atoms with E-state index in [-0.39, 0.29) is 18.0 Å². The maximum Gasteiger partial charge on any atom is 0.304 e. The molecule has 3 nitrogen and oxygen atoms in total. The Hall–Kier alpha value is -1.14. The number of rotatable bonds is 5. The minimum absolute atomic E-state index is 0.0148. The first kappa shape index (κ1) is 15.3. The number of halogens is 2. The van der Waals surface area contributed by atoms with Crippen molar-refractivity contribution in [3.05, 3.63) is 35.4 Å². The fraction of sp³-hybridized carbons (Fsp3) is 0.500. The van der Waals surface area contributed by atoms with Gasteiger partial charge < -0.3 is 5.11 Å². The van der Waals surface area contributed by atoms with Gasteiger partial charge in [0.05, 0.1) is 6.42 Å². The van der Waals surface area contributed by atoms with E-state index in [4.69, 9.17) is 5.11 Å². The van der Waals surface area contributed by atoms with Gasteiger partial charge in [-0.2, -0.15) is 11.8 Å². The second-order valence-corrected chi connectivity index (χ2v) is 5.99. The number of thioether (sulfide) groups is 1. The van der Waals surface area contributed by atoms with Crippen molar-refractivity contribution < 1.29 is 18.7 Å². The quantitative estimate of drug-likeness (QED) is 0.907. The van der Waals surface area contributed by atoms with Crippen LogP contribution in [0.1, 0.15) is 24.0 Å². The molecular formula is C14H17F2NO2S. The Morgan fingerprint density at radius 2 is 2.10 bits per heavy atom. The van der Waals surface area contributed by atoms with Gasteiger partial charge in [0.1, 0.15) is 0 Å². The maximum atomic E-state index is 12.5. The third kappa shape index (κ3) is 4.18. The van der Waals surface area contributed by atoms with Crippen LogP contribution in [-0.4, -0.2) is 40.1 Å². The van der Waals surface area contributed by atoms with Crippen LogP contribution in [0.3, 0.4) is 0 Å². The first-order valence-corrected chi connectivity index (χ1v) is 7.62. The minimum atomic E-state index is -2.45. The van der Waals surface area contributed by atoms with Gasteiger partial charge in [-0.1, -0.05) is 24.3 Å². The van der Waals surface area contributed by atoms with Crippen molar-refractivity contribution in [2.75, 3.05) is 18.1 Å². The van der Waals surface area contributed by atoms with Gasteiger partial charge in [-0.25, -0.2) is 8.78 Å². The Morgan fingerprint density at radius 1 is 1.40 bits per heavy atom. The number of alkyl halides is 2. The summed E-state index contributed by atoms with van der Waals surface area (Å²) >= 11 is 1.76. The zero-order chi connectivity index (χ0) is 14.5. The molecule has 6 heteroatoms. The number of aliphatic carboxylic acids is 1. The molecule has 1 aliphatic rings. The summed E-state index contributed by atoms with van der Waals surface area (Å²) in [5.41, 5.74) is 0.960. The van der Waals surface area contributed by atoms with Gasteiger partial charge >= 0.3 is 5.97 Å². The van der Waals surface area contributed by atoms with E-state index < -0.39 is 12.4 Å². The topological polar surface area (TPSA) is 40.5 Å². The lowest BCUT2D eigenvalue weighted by Gasteiger charge is -2.34. The first-order valence-electron chi connectivity index (χ1n) is 6.47. The van der Waals surface area contributed by atoms with Crippen molar-refractivity contribution in [1.29, 1.82) is 0 Å². The predicted octanol–water partition coefficient (Wildman–Crippen LogP) is 3.02. The second kappa shape index (κ2) is 7.04. The van der Waals surface area contributed by atoms with Crippen LogP contribution in [0.4, 0.5) is 8.78 Å². The van der Waals surface area contributed by atoms with Crippen LogP contribution in [0.15, 0.2) is 24.3 Å². The molecule has 1 saturated heterocycles. The highest BCUT2D eigenvalue weighted by molar-refractivity contribution is 7.99. The van der Waals surface area contributed by atoms with Gasteiger partial charge in [0, 0.05) is 36.2 Å². The SMILES string of the molecule is O=C(O)CC1CSCCN1Cc1ccc(C(F)F)cc1. The van der Waals surface area contributed by atoms with Gasteiger partial charge in [-0.05, 0) is 5.56 Å². The lowest BCUT2D eigenvalue weighted by atomic mass is 10.1. The molecule has 1 aromatic rings. The van der Waals surface area contributed by atoms with E-state index in [0.29, 0.717) is 6.54 Å². The summed E-state index contributed by atoms with van der Waals surface area (Å²) in [6, 6.07) is 6.28. The lowest BCUT2D eigenvalue weighted by molar-refractivity contribution is -0.138. The van der Waals surface area contributed by atoms with Gasteiger partial charge in [0.25, 0.3) is 6.43 Å². The van der Waals surface area contributed by atoms with Gasteiger partial charge in [-0.3, -0.25) is 9.69 Å². The van der Waals surface area contributed by atoms with Gasteiger partial charge in [0.2, 0.25) is 0 Å². The number of hydrogen-bond acceptors (Lipinski definition) is 3. The summed E-state index contributed by atoms with van der Waals surface area (Å²) in [6.45, 7) is 1.45. The van der Waals surface area contributed by atoms with E-state index >= 15 is 0 Å². The van der Waals surface area contributed by atoms with Crippen LogP contribution < -0.4 is 0 Å². The monoisotopic (exact) mass is 301 g/mol. The molecule has 0 radical (unpaired) electrons. The summed E-state index contributed by atoms with van der Waals surface area (Å²) in [6.07, 6.45) is -2.32. The third-order valence-corrected chi connectivity index (χ3v) is 4.47. The van der Waals surface area contributed by atoms with E-state index in [1.165, 1.54) is 12.1 Å². The average molecular weight is 301 g/mol. The molecule has 0 aromatic heterocycles. The number of carboxylic acids is 1. The summed E-state index contributed by atoms with van der Waals surface area (Å²) in [7, 11) is 0. The van der Waals surface area contributed by atoms with E-state index in [2.05, 4.69) is 4.90 Å². The average Bonchev–Trinajstić information content (AvgIpc) is 2.41. The summed E-state index contributed by atoms with van der Waals surface area (Å²) in [5, 5.41) is 8.93. The van der Waals surface area contributed by atoms with Gasteiger partial charge in [-0.15, -0.1) is 0 Å². The molecular weight excluding hydrogens is 284 g/mol. The molecule has 1 N–H and O–H groups in total. The van der Waals surface area contributed by atoms with Crippen LogP contribution in [0, 0.1) is 0 Å². The van der Waals surface area contributed by atoms with Crippen LogP contribution in [0.2, 0.25) is 0 Å². The smallest absolute Gasteiger partial charge is 0.304 e. The van der Waals surface area contributed by atoms with E-state index in [0.717, 1.165) is 23.6 Å². The number of benzene rings is 1. The fourth-order valence-electron chi connectivity index (χ4n) is 2.29. The second-order valence-electron chi connectivity index (χ2n) is 4.84. The standard InChI is InChI=1S/C14H17F2NO2S/c15-14(16)11-3-1-10(2-4-11)8-17-5-6-20-9-12(17)7-13(18)19/h1-4,12,14H,5-9H2,(H,18,19). The zero-order valence-corrected chi connectivity index (χ0v) is 11.8. The molecule has 2 rings (SSSR count). The van der Waals surface area contributed by atoms with Crippen molar-refractivity contribution in [2.45, 2.75) is 25.4 Å². The van der Waals surface area contributed by atoms with Crippen LogP contribution in [0.25, 0.3) is 0 Å². The molecule has 1 atom stereocenters. The zero-order valence-electron chi connectivity index (χ0n) is 11.0. The number of nitrogens with zero attached hydrogens (tertiary/aromatic N) is 1. The van der Waals surface area contributed by atoms with Crippen LogP contribution in [0.5, 0.6) is 0 Å². The first-order chi connectivity index (χ1) is 9.56. The molecule has 110 valence electrons. The number of hydrogen-bond donors (Lipinski definition) is 1. The largest absolute Gasteiger partial charge is 0.481 e. The molecule has 1 aliphatic heterocycles. The third-order valence-electron chi connectivity index (χ3n) is 3.38. The molecule has 1 heterocycles. The Morgan fingerprint density at radius 3 is 2.70 bits per heavy atom. The summed E-state index contributed by atoms with van der Waals surface area (Å²) in [5.74, 6) is 0.989. The van der Waals surface area contributed by atoms with E-state index in [1.54, 1.807) is 23.9 Å².